The first-order valence-corrected chi connectivity index (χ1v) is 0.716. The largest absolute Gasteiger partial charge is 0.465 e. The van der Waals surface area contributed by atoms with Crippen LogP contribution < -0.4 is 5.73 Å². The minimum Gasteiger partial charge on any atom is -0.465 e. The van der Waals surface area contributed by atoms with Gasteiger partial charge in [-0.25, -0.2) is 4.79 Å². The molecule has 3 N–H and O–H groups in total. The molecular formula is CH3MgNO2. The quantitative estimate of drug-likeness (QED) is 0.380. The highest BCUT2D eigenvalue weighted by molar-refractivity contribution is 5.75. The van der Waals surface area contributed by atoms with Crippen molar-refractivity contribution in [1.82, 2.24) is 0 Å². The van der Waals surface area contributed by atoms with Gasteiger partial charge in [-0.05, 0) is 0 Å². The van der Waals surface area contributed by atoms with Crippen molar-refractivity contribution in [2.75, 3.05) is 0 Å². The van der Waals surface area contributed by atoms with Crippen LogP contribution in [0.4, 0.5) is 4.79 Å². The van der Waals surface area contributed by atoms with Gasteiger partial charge in [0.1, 0.15) is 0 Å². The molecule has 1 amide bonds. The number of primary amides is 1. The lowest BCUT2D eigenvalue weighted by atomic mass is 11.3. The molecule has 0 atom stereocenters. The monoisotopic (exact) mass is 85.0 g/mol. The molecule has 0 aromatic rings. The number of amides is 1. The number of nitrogens with two attached hydrogens (primary N) is 1. The summed E-state index contributed by atoms with van der Waals surface area (Å²) < 4.78 is 0. The van der Waals surface area contributed by atoms with Crippen LogP contribution in [0.5, 0.6) is 0 Å². The average molecular weight is 85.3 g/mol. The van der Waals surface area contributed by atoms with Crippen molar-refractivity contribution in [3.05, 3.63) is 0 Å². The van der Waals surface area contributed by atoms with Gasteiger partial charge in [0.25, 0.3) is 0 Å². The number of hydrogen-bond donors (Lipinski definition) is 2. The molecule has 3 nitrogen and oxygen atoms in total. The van der Waals surface area contributed by atoms with Gasteiger partial charge in [0, 0.05) is 23.1 Å². The van der Waals surface area contributed by atoms with E-state index in [0.29, 0.717) is 0 Å². The highest BCUT2D eigenvalue weighted by Crippen LogP contribution is 1.34. The highest BCUT2D eigenvalue weighted by Gasteiger charge is 1.65. The Morgan fingerprint density at radius 1 is 1.80 bits per heavy atom. The number of rotatable bonds is 0. The van der Waals surface area contributed by atoms with Crippen LogP contribution in [0.1, 0.15) is 0 Å². The molecule has 4 heteroatoms. The van der Waals surface area contributed by atoms with Gasteiger partial charge < -0.3 is 10.8 Å². The van der Waals surface area contributed by atoms with E-state index in [4.69, 9.17) is 9.90 Å². The summed E-state index contributed by atoms with van der Waals surface area (Å²) in [6, 6.07) is 0. The molecule has 2 radical (unpaired) electrons. The van der Waals surface area contributed by atoms with Gasteiger partial charge in [-0.2, -0.15) is 0 Å². The maximum Gasteiger partial charge on any atom is 0.402 e. The molecule has 26 valence electrons. The van der Waals surface area contributed by atoms with E-state index in [0.717, 1.165) is 0 Å². The average Bonchev–Trinajstić information content (AvgIpc) is 0.811. The van der Waals surface area contributed by atoms with E-state index in [2.05, 4.69) is 5.73 Å². The molecule has 0 fully saturated rings. The summed E-state index contributed by atoms with van der Waals surface area (Å²) in [6.07, 6.45) is -1.33. The lowest BCUT2D eigenvalue weighted by molar-refractivity contribution is 0.205. The smallest absolute Gasteiger partial charge is 0.402 e. The second-order valence-corrected chi connectivity index (χ2v) is 0.338. The fourth-order valence-corrected chi connectivity index (χ4v) is 0. The third-order valence-electron chi connectivity index (χ3n) is 0. The third kappa shape index (κ3) is 12700. The fraction of sp³-hybridized carbons (Fsp3) is 0. The Bertz CT molecular complexity index is 32.6. The van der Waals surface area contributed by atoms with E-state index in [1.54, 1.807) is 0 Å². The first-order chi connectivity index (χ1) is 1.73. The van der Waals surface area contributed by atoms with Crippen LogP contribution in [0.2, 0.25) is 0 Å². The summed E-state index contributed by atoms with van der Waals surface area (Å²) in [5.74, 6) is 0. The predicted octanol–water partition coefficient (Wildman–Crippen LogP) is -0.758. The van der Waals surface area contributed by atoms with Gasteiger partial charge in [-0.3, -0.25) is 0 Å². The molecule has 0 aromatic carbocycles. The molecule has 0 aromatic heterocycles. The summed E-state index contributed by atoms with van der Waals surface area (Å²) in [5, 5.41) is 7.19. The van der Waals surface area contributed by atoms with Crippen LogP contribution in [0, 0.1) is 0 Å². The summed E-state index contributed by atoms with van der Waals surface area (Å²) in [7, 11) is 0. The molecule has 0 heterocycles. The second-order valence-electron chi connectivity index (χ2n) is 0.338. The molecule has 0 bridgehead atoms. The molecule has 0 saturated heterocycles. The molecule has 0 saturated carbocycles. The summed E-state index contributed by atoms with van der Waals surface area (Å²) in [4.78, 5) is 8.78. The van der Waals surface area contributed by atoms with Crippen LogP contribution in [0.25, 0.3) is 0 Å². The zero-order valence-corrected chi connectivity index (χ0v) is 4.05. The van der Waals surface area contributed by atoms with Crippen molar-refractivity contribution in [3.8, 4) is 0 Å². The Labute approximate surface area is 45.3 Å². The van der Waals surface area contributed by atoms with Crippen molar-refractivity contribution >= 4 is 29.1 Å². The fourth-order valence-electron chi connectivity index (χ4n) is 0. The molecular weight excluding hydrogens is 82.3 g/mol. The van der Waals surface area contributed by atoms with Crippen LogP contribution in [-0.4, -0.2) is 34.3 Å². The van der Waals surface area contributed by atoms with Crippen molar-refractivity contribution in [2.45, 2.75) is 0 Å². The van der Waals surface area contributed by atoms with Gasteiger partial charge in [-0.15, -0.1) is 0 Å². The van der Waals surface area contributed by atoms with E-state index in [1.165, 1.54) is 0 Å². The molecule has 0 rings (SSSR count). The van der Waals surface area contributed by atoms with Gasteiger partial charge >= 0.3 is 6.09 Å². The summed E-state index contributed by atoms with van der Waals surface area (Å²) in [6.45, 7) is 0. The summed E-state index contributed by atoms with van der Waals surface area (Å²) in [5.41, 5.74) is 4.03. The van der Waals surface area contributed by atoms with Crippen LogP contribution >= 0.6 is 0 Å². The molecule has 0 unspecified atom stereocenters. The van der Waals surface area contributed by atoms with Gasteiger partial charge in [-0.1, -0.05) is 0 Å². The first-order valence-electron chi connectivity index (χ1n) is 0.716. The van der Waals surface area contributed by atoms with E-state index < -0.39 is 6.09 Å². The molecule has 0 aliphatic rings. The topological polar surface area (TPSA) is 63.3 Å². The van der Waals surface area contributed by atoms with Crippen LogP contribution in [0.3, 0.4) is 0 Å². The Morgan fingerprint density at radius 2 is 1.80 bits per heavy atom. The van der Waals surface area contributed by atoms with Crippen molar-refractivity contribution < 1.29 is 9.90 Å². The van der Waals surface area contributed by atoms with E-state index in [-0.39, 0.29) is 23.1 Å². The maximum atomic E-state index is 8.78. The van der Waals surface area contributed by atoms with Gasteiger partial charge in [0.05, 0.1) is 0 Å². The van der Waals surface area contributed by atoms with Crippen molar-refractivity contribution in [1.29, 1.82) is 0 Å². The Morgan fingerprint density at radius 3 is 1.80 bits per heavy atom. The predicted molar refractivity (Wildman–Crippen MR) is 18.0 cm³/mol. The van der Waals surface area contributed by atoms with Crippen molar-refractivity contribution in [2.24, 2.45) is 5.73 Å². The second kappa shape index (κ2) is 4.04. The molecule has 0 aliphatic heterocycles. The standard InChI is InChI=1S/CH3NO2.Mg/c2-1(3)4;/h2H2,(H,3,4);. The van der Waals surface area contributed by atoms with Crippen molar-refractivity contribution in [3.63, 3.8) is 0 Å². The normalized spacial score (nSPS) is 4.80. The van der Waals surface area contributed by atoms with Gasteiger partial charge in [0.2, 0.25) is 0 Å². The maximum absolute atomic E-state index is 8.78. The summed E-state index contributed by atoms with van der Waals surface area (Å²) >= 11 is 0. The highest BCUT2D eigenvalue weighted by atomic mass is 24.3. The van der Waals surface area contributed by atoms with E-state index in [9.17, 15) is 0 Å². The number of carbonyl (C=O) groups is 1. The van der Waals surface area contributed by atoms with Crippen LogP contribution in [-0.2, 0) is 0 Å². The molecule has 5 heavy (non-hydrogen) atoms. The minimum absolute atomic E-state index is 0. The minimum atomic E-state index is -1.33. The SMILES string of the molecule is NC(=O)O.[Mg]. The van der Waals surface area contributed by atoms with Crippen LogP contribution in [0.15, 0.2) is 0 Å². The molecule has 0 aliphatic carbocycles. The Kier molecular flexibility index (Phi) is 7.18. The zero-order chi connectivity index (χ0) is 3.58. The van der Waals surface area contributed by atoms with E-state index >= 15 is 0 Å². The Hall–Kier alpha value is 0.0362. The number of hydrogen-bond acceptors (Lipinski definition) is 1. The van der Waals surface area contributed by atoms with Gasteiger partial charge in [0.15, 0.2) is 0 Å². The lowest BCUT2D eigenvalue weighted by Crippen LogP contribution is -2.03. The first kappa shape index (κ1) is 8.90. The zero-order valence-electron chi connectivity index (χ0n) is 2.64. The number of carboxylic acid groups (broad SMARTS) is 1. The third-order valence-corrected chi connectivity index (χ3v) is 0. The lowest BCUT2D eigenvalue weighted by Gasteiger charge is -1.61. The molecule has 0 spiro atoms. The van der Waals surface area contributed by atoms with E-state index in [1.807, 2.05) is 0 Å². The Balaban J connectivity index is 0.